The van der Waals surface area contributed by atoms with Gasteiger partial charge in [-0.25, -0.2) is 0 Å². The molecule has 1 heterocycles. The third-order valence-corrected chi connectivity index (χ3v) is 3.27. The fraction of sp³-hybridized carbons (Fsp3) is 0.929. The van der Waals surface area contributed by atoms with E-state index in [1.807, 2.05) is 20.8 Å². The van der Waals surface area contributed by atoms with Gasteiger partial charge in [0, 0.05) is 19.5 Å². The summed E-state index contributed by atoms with van der Waals surface area (Å²) in [5.74, 6) is 0.102. The number of carbonyl (C=O) groups excluding carboxylic acids is 1. The minimum atomic E-state index is -0.480. The molecule has 3 N–H and O–H groups in total. The van der Waals surface area contributed by atoms with Crippen LogP contribution in [0.4, 0.5) is 0 Å². The SMILES string of the molecule is CC(C)(C)OCC(O)CN1CCCC(CC(N)=O)C1. The van der Waals surface area contributed by atoms with Crippen molar-refractivity contribution in [1.29, 1.82) is 0 Å². The van der Waals surface area contributed by atoms with Gasteiger partial charge in [-0.1, -0.05) is 0 Å². The molecule has 1 rings (SSSR count). The van der Waals surface area contributed by atoms with E-state index in [0.29, 0.717) is 25.5 Å². The summed E-state index contributed by atoms with van der Waals surface area (Å²) in [4.78, 5) is 13.1. The number of aliphatic hydroxyl groups is 1. The van der Waals surface area contributed by atoms with Gasteiger partial charge in [0.25, 0.3) is 0 Å². The normalized spacial score (nSPS) is 23.3. The molecule has 0 saturated carbocycles. The number of primary amides is 1. The van der Waals surface area contributed by atoms with Gasteiger partial charge in [-0.05, 0) is 46.1 Å². The topological polar surface area (TPSA) is 75.8 Å². The van der Waals surface area contributed by atoms with Crippen LogP contribution in [0.2, 0.25) is 0 Å². The molecule has 2 unspecified atom stereocenters. The summed E-state index contributed by atoms with van der Waals surface area (Å²) in [7, 11) is 0. The maximum Gasteiger partial charge on any atom is 0.217 e. The van der Waals surface area contributed by atoms with E-state index in [4.69, 9.17) is 10.5 Å². The second-order valence-corrected chi connectivity index (χ2v) is 6.52. The number of amides is 1. The van der Waals surface area contributed by atoms with Gasteiger partial charge < -0.3 is 20.5 Å². The van der Waals surface area contributed by atoms with Gasteiger partial charge in [-0.3, -0.25) is 4.79 Å². The summed E-state index contributed by atoms with van der Waals surface area (Å²) in [6.45, 7) is 8.69. The molecule has 5 nitrogen and oxygen atoms in total. The molecule has 5 heteroatoms. The highest BCUT2D eigenvalue weighted by atomic mass is 16.5. The maximum absolute atomic E-state index is 10.9. The Morgan fingerprint density at radius 3 is 2.79 bits per heavy atom. The van der Waals surface area contributed by atoms with Gasteiger partial charge in [-0.2, -0.15) is 0 Å². The molecule has 1 amide bonds. The molecule has 0 spiro atoms. The summed E-state index contributed by atoms with van der Waals surface area (Å²) >= 11 is 0. The largest absolute Gasteiger partial charge is 0.389 e. The lowest BCUT2D eigenvalue weighted by Crippen LogP contribution is -2.43. The lowest BCUT2D eigenvalue weighted by atomic mass is 9.94. The highest BCUT2D eigenvalue weighted by Crippen LogP contribution is 2.19. The predicted molar refractivity (Wildman–Crippen MR) is 74.7 cm³/mol. The zero-order valence-electron chi connectivity index (χ0n) is 12.4. The predicted octanol–water partition coefficient (Wildman–Crippen LogP) is 0.750. The van der Waals surface area contributed by atoms with E-state index in [1.54, 1.807) is 0 Å². The maximum atomic E-state index is 10.9. The third kappa shape index (κ3) is 7.50. The summed E-state index contributed by atoms with van der Waals surface area (Å²) in [5, 5.41) is 9.97. The molecular weight excluding hydrogens is 244 g/mol. The van der Waals surface area contributed by atoms with Gasteiger partial charge in [-0.15, -0.1) is 0 Å². The van der Waals surface area contributed by atoms with Crippen molar-refractivity contribution in [1.82, 2.24) is 4.90 Å². The van der Waals surface area contributed by atoms with Crippen LogP contribution >= 0.6 is 0 Å². The molecule has 2 atom stereocenters. The van der Waals surface area contributed by atoms with Crippen molar-refractivity contribution in [3.8, 4) is 0 Å². The molecule has 19 heavy (non-hydrogen) atoms. The number of rotatable bonds is 6. The molecular formula is C14H28N2O3. The number of piperidine rings is 1. The molecule has 0 bridgehead atoms. The standard InChI is InChI=1S/C14H28N2O3/c1-14(2,3)19-10-12(17)9-16-6-4-5-11(8-16)7-13(15)18/h11-12,17H,4-10H2,1-3H3,(H2,15,18). The smallest absolute Gasteiger partial charge is 0.217 e. The Bertz CT molecular complexity index is 289. The number of nitrogens with two attached hydrogens (primary N) is 1. The Balaban J connectivity index is 2.29. The number of hydrogen-bond donors (Lipinski definition) is 2. The van der Waals surface area contributed by atoms with Gasteiger partial charge in [0.2, 0.25) is 5.91 Å². The van der Waals surface area contributed by atoms with Crippen molar-refractivity contribution in [2.75, 3.05) is 26.2 Å². The van der Waals surface area contributed by atoms with Crippen LogP contribution in [0.15, 0.2) is 0 Å². The van der Waals surface area contributed by atoms with Crippen molar-refractivity contribution in [2.45, 2.75) is 51.7 Å². The molecule has 1 aliphatic rings. The van der Waals surface area contributed by atoms with E-state index in [2.05, 4.69) is 4.90 Å². The first-order valence-corrected chi connectivity index (χ1v) is 7.09. The summed E-state index contributed by atoms with van der Waals surface area (Å²) in [5.41, 5.74) is 5.01. The highest BCUT2D eigenvalue weighted by Gasteiger charge is 2.23. The van der Waals surface area contributed by atoms with Crippen LogP contribution in [0.25, 0.3) is 0 Å². The van der Waals surface area contributed by atoms with E-state index in [0.717, 1.165) is 25.9 Å². The van der Waals surface area contributed by atoms with Crippen molar-refractivity contribution in [2.24, 2.45) is 11.7 Å². The van der Waals surface area contributed by atoms with Crippen molar-refractivity contribution < 1.29 is 14.6 Å². The van der Waals surface area contributed by atoms with Crippen LogP contribution in [0.3, 0.4) is 0 Å². The Kier molecular flexibility index (Phi) is 6.23. The molecule has 1 saturated heterocycles. The van der Waals surface area contributed by atoms with Crippen LogP contribution in [-0.2, 0) is 9.53 Å². The molecule has 0 aromatic carbocycles. The summed E-state index contributed by atoms with van der Waals surface area (Å²) in [6.07, 6.45) is 2.08. The molecule has 0 aromatic heterocycles. The number of nitrogens with zero attached hydrogens (tertiary/aromatic N) is 1. The quantitative estimate of drug-likeness (QED) is 0.748. The number of likely N-dealkylation sites (tertiary alicyclic amines) is 1. The van der Waals surface area contributed by atoms with Crippen LogP contribution in [0.5, 0.6) is 0 Å². The van der Waals surface area contributed by atoms with E-state index in [-0.39, 0.29) is 11.5 Å². The fourth-order valence-electron chi connectivity index (χ4n) is 2.47. The zero-order chi connectivity index (χ0) is 14.5. The lowest BCUT2D eigenvalue weighted by Gasteiger charge is -2.34. The molecule has 1 aliphatic heterocycles. The van der Waals surface area contributed by atoms with Gasteiger partial charge >= 0.3 is 0 Å². The zero-order valence-corrected chi connectivity index (χ0v) is 12.4. The fourth-order valence-corrected chi connectivity index (χ4v) is 2.47. The number of ether oxygens (including phenoxy) is 1. The Hall–Kier alpha value is -0.650. The molecule has 1 fully saturated rings. The number of hydrogen-bond acceptors (Lipinski definition) is 4. The highest BCUT2D eigenvalue weighted by molar-refractivity contribution is 5.74. The number of β-amino-alcohol motifs (C(OH)–C–C–N with tert-alkyl or cyclic N) is 1. The Labute approximate surface area is 116 Å². The van der Waals surface area contributed by atoms with E-state index in [1.165, 1.54) is 0 Å². The van der Waals surface area contributed by atoms with Crippen molar-refractivity contribution in [3.63, 3.8) is 0 Å². The van der Waals surface area contributed by atoms with E-state index >= 15 is 0 Å². The van der Waals surface area contributed by atoms with Crippen molar-refractivity contribution >= 4 is 5.91 Å². The summed E-state index contributed by atoms with van der Waals surface area (Å²) < 4.78 is 5.57. The lowest BCUT2D eigenvalue weighted by molar-refractivity contribution is -0.119. The monoisotopic (exact) mass is 272 g/mol. The minimum absolute atomic E-state index is 0.225. The number of aliphatic hydroxyl groups excluding tert-OH is 1. The average Bonchev–Trinajstić information content (AvgIpc) is 2.25. The van der Waals surface area contributed by atoms with Crippen molar-refractivity contribution in [3.05, 3.63) is 0 Å². The molecule has 0 radical (unpaired) electrons. The van der Waals surface area contributed by atoms with E-state index in [9.17, 15) is 9.90 Å². The molecule has 0 aliphatic carbocycles. The first-order chi connectivity index (χ1) is 8.76. The van der Waals surface area contributed by atoms with Crippen LogP contribution in [-0.4, -0.2) is 53.9 Å². The Morgan fingerprint density at radius 2 is 2.21 bits per heavy atom. The summed E-state index contributed by atoms with van der Waals surface area (Å²) in [6, 6.07) is 0. The molecule has 0 aromatic rings. The van der Waals surface area contributed by atoms with Gasteiger partial charge in [0.1, 0.15) is 0 Å². The second-order valence-electron chi connectivity index (χ2n) is 6.52. The first kappa shape index (κ1) is 16.4. The number of carbonyl (C=O) groups is 1. The minimum Gasteiger partial charge on any atom is -0.389 e. The van der Waals surface area contributed by atoms with Crippen LogP contribution in [0.1, 0.15) is 40.0 Å². The molecule has 112 valence electrons. The van der Waals surface area contributed by atoms with Crippen LogP contribution in [0, 0.1) is 5.92 Å². The van der Waals surface area contributed by atoms with E-state index < -0.39 is 6.10 Å². The van der Waals surface area contributed by atoms with Gasteiger partial charge in [0.05, 0.1) is 18.3 Å². The Morgan fingerprint density at radius 1 is 1.53 bits per heavy atom. The van der Waals surface area contributed by atoms with Crippen LogP contribution < -0.4 is 5.73 Å². The third-order valence-electron chi connectivity index (χ3n) is 3.27. The van der Waals surface area contributed by atoms with Gasteiger partial charge in [0.15, 0.2) is 0 Å². The second kappa shape index (κ2) is 7.22. The first-order valence-electron chi connectivity index (χ1n) is 7.09. The average molecular weight is 272 g/mol.